The van der Waals surface area contributed by atoms with Crippen molar-refractivity contribution in [2.45, 2.75) is 58.8 Å². The number of anilines is 1. The summed E-state index contributed by atoms with van der Waals surface area (Å²) >= 11 is 0. The molecule has 2 atom stereocenters. The third-order valence-corrected chi connectivity index (χ3v) is 4.02. The van der Waals surface area contributed by atoms with Gasteiger partial charge in [-0.05, 0) is 38.0 Å². The van der Waals surface area contributed by atoms with Crippen molar-refractivity contribution >= 4 is 11.6 Å². The van der Waals surface area contributed by atoms with E-state index >= 15 is 0 Å². The molecule has 1 heterocycles. The normalized spacial score (nSPS) is 21.3. The van der Waals surface area contributed by atoms with E-state index < -0.39 is 0 Å². The second-order valence-electron chi connectivity index (χ2n) is 6.33. The van der Waals surface area contributed by atoms with Gasteiger partial charge in [0.1, 0.15) is 5.82 Å². The number of carbonyl (C=O) groups excluding carboxylic acids is 1. The monoisotopic (exact) mass is 322 g/mol. The molecule has 0 bridgehead atoms. The topological polar surface area (TPSA) is 41.6 Å². The van der Waals surface area contributed by atoms with E-state index in [4.69, 9.17) is 4.74 Å². The Labute approximate surface area is 138 Å². The number of halogens is 1. The standard InChI is InChI=1S/C18H27FN2O2/c1-4-5-6-18(22)20-10-15-7-8-17(16(19)9-15)21-11-13(2)23-14(3)12-21/h7-9,13-14H,4-6,10-12H2,1-3H3,(H,20,22)/t13-,14+. The van der Waals surface area contributed by atoms with Gasteiger partial charge in [-0.25, -0.2) is 4.39 Å². The van der Waals surface area contributed by atoms with Crippen molar-refractivity contribution < 1.29 is 13.9 Å². The number of nitrogens with zero attached hydrogens (tertiary/aromatic N) is 1. The number of hydrogen-bond acceptors (Lipinski definition) is 3. The van der Waals surface area contributed by atoms with Crippen molar-refractivity contribution in [2.75, 3.05) is 18.0 Å². The number of ether oxygens (including phenoxy) is 1. The first-order chi connectivity index (χ1) is 11.0. The lowest BCUT2D eigenvalue weighted by molar-refractivity contribution is -0.121. The summed E-state index contributed by atoms with van der Waals surface area (Å²) in [6, 6.07) is 5.19. The molecule has 4 nitrogen and oxygen atoms in total. The molecule has 0 saturated carbocycles. The molecule has 128 valence electrons. The maximum Gasteiger partial charge on any atom is 0.220 e. The molecule has 0 aliphatic carbocycles. The first-order valence-corrected chi connectivity index (χ1v) is 8.45. The van der Waals surface area contributed by atoms with Crippen LogP contribution in [0, 0.1) is 5.82 Å². The van der Waals surface area contributed by atoms with E-state index in [9.17, 15) is 9.18 Å². The average Bonchev–Trinajstić information content (AvgIpc) is 2.50. The Kier molecular flexibility index (Phi) is 6.39. The summed E-state index contributed by atoms with van der Waals surface area (Å²) in [7, 11) is 0. The molecule has 1 N–H and O–H groups in total. The van der Waals surface area contributed by atoms with Gasteiger partial charge >= 0.3 is 0 Å². The van der Waals surface area contributed by atoms with Crippen LogP contribution in [0.2, 0.25) is 0 Å². The highest BCUT2D eigenvalue weighted by atomic mass is 19.1. The minimum absolute atomic E-state index is 0.0205. The lowest BCUT2D eigenvalue weighted by Crippen LogP contribution is -2.45. The van der Waals surface area contributed by atoms with Gasteiger partial charge in [0.15, 0.2) is 0 Å². The molecule has 0 spiro atoms. The van der Waals surface area contributed by atoms with Crippen molar-refractivity contribution in [3.8, 4) is 0 Å². The van der Waals surface area contributed by atoms with Crippen molar-refractivity contribution in [1.29, 1.82) is 0 Å². The molecule has 0 radical (unpaired) electrons. The molecule has 1 aromatic rings. The fraction of sp³-hybridized carbons (Fsp3) is 0.611. The van der Waals surface area contributed by atoms with E-state index in [-0.39, 0.29) is 23.9 Å². The highest BCUT2D eigenvalue weighted by Crippen LogP contribution is 2.24. The molecule has 23 heavy (non-hydrogen) atoms. The van der Waals surface area contributed by atoms with Gasteiger partial charge in [0.2, 0.25) is 5.91 Å². The maximum atomic E-state index is 14.4. The zero-order valence-electron chi connectivity index (χ0n) is 14.3. The third-order valence-electron chi connectivity index (χ3n) is 4.02. The molecule has 0 aromatic heterocycles. The smallest absolute Gasteiger partial charge is 0.220 e. The SMILES string of the molecule is CCCCC(=O)NCc1ccc(N2C[C@@H](C)O[C@@H](C)C2)c(F)c1. The molecule has 1 aliphatic heterocycles. The number of rotatable bonds is 6. The van der Waals surface area contributed by atoms with Gasteiger partial charge in [-0.1, -0.05) is 19.4 Å². The minimum Gasteiger partial charge on any atom is -0.372 e. The maximum absolute atomic E-state index is 14.4. The van der Waals surface area contributed by atoms with Gasteiger partial charge in [0, 0.05) is 26.1 Å². The molecular formula is C18H27FN2O2. The first-order valence-electron chi connectivity index (χ1n) is 8.45. The van der Waals surface area contributed by atoms with Crippen LogP contribution in [0.3, 0.4) is 0 Å². The third kappa shape index (κ3) is 5.20. The van der Waals surface area contributed by atoms with Crippen molar-refractivity contribution in [3.05, 3.63) is 29.6 Å². The zero-order valence-corrected chi connectivity index (χ0v) is 14.3. The fourth-order valence-electron chi connectivity index (χ4n) is 2.92. The first kappa shape index (κ1) is 17.7. The van der Waals surface area contributed by atoms with Crippen molar-refractivity contribution in [1.82, 2.24) is 5.32 Å². The van der Waals surface area contributed by atoms with Crippen molar-refractivity contribution in [3.63, 3.8) is 0 Å². The van der Waals surface area contributed by atoms with Crippen LogP contribution in [-0.4, -0.2) is 31.2 Å². The average molecular weight is 322 g/mol. The second-order valence-corrected chi connectivity index (χ2v) is 6.33. The van der Waals surface area contributed by atoms with E-state index in [1.807, 2.05) is 24.8 Å². The van der Waals surface area contributed by atoms with Gasteiger partial charge in [0.25, 0.3) is 0 Å². The van der Waals surface area contributed by atoms with Gasteiger partial charge in [-0.3, -0.25) is 4.79 Å². The van der Waals surface area contributed by atoms with Crippen LogP contribution in [-0.2, 0) is 16.1 Å². The van der Waals surface area contributed by atoms with E-state index in [0.29, 0.717) is 31.7 Å². The minimum atomic E-state index is -0.244. The summed E-state index contributed by atoms with van der Waals surface area (Å²) in [6.45, 7) is 7.80. The fourth-order valence-corrected chi connectivity index (χ4v) is 2.92. The number of nitrogens with one attached hydrogen (secondary N) is 1. The molecule has 2 rings (SSSR count). The molecule has 1 aliphatic rings. The number of carbonyl (C=O) groups is 1. The lowest BCUT2D eigenvalue weighted by atomic mass is 10.1. The van der Waals surface area contributed by atoms with Crippen LogP contribution >= 0.6 is 0 Å². The van der Waals surface area contributed by atoms with Crippen LogP contribution < -0.4 is 10.2 Å². The molecule has 1 amide bonds. The summed E-state index contributed by atoms with van der Waals surface area (Å²) in [6.07, 6.45) is 2.59. The molecule has 1 saturated heterocycles. The second kappa shape index (κ2) is 8.29. The van der Waals surface area contributed by atoms with Crippen LogP contribution in [0.1, 0.15) is 45.6 Å². The summed E-state index contributed by atoms with van der Waals surface area (Å²) in [5.74, 6) is -0.223. The quantitative estimate of drug-likeness (QED) is 0.874. The predicted octanol–water partition coefficient (Wildman–Crippen LogP) is 3.25. The Morgan fingerprint density at radius 2 is 2.04 bits per heavy atom. The molecule has 0 unspecified atom stereocenters. The Morgan fingerprint density at radius 1 is 1.35 bits per heavy atom. The summed E-state index contributed by atoms with van der Waals surface area (Å²) in [4.78, 5) is 13.6. The van der Waals surface area contributed by atoms with E-state index in [0.717, 1.165) is 18.4 Å². The highest BCUT2D eigenvalue weighted by Gasteiger charge is 2.24. The van der Waals surface area contributed by atoms with E-state index in [2.05, 4.69) is 12.2 Å². The van der Waals surface area contributed by atoms with Crippen molar-refractivity contribution in [2.24, 2.45) is 0 Å². The van der Waals surface area contributed by atoms with Gasteiger partial charge in [-0.15, -0.1) is 0 Å². The van der Waals surface area contributed by atoms with E-state index in [1.165, 1.54) is 6.07 Å². The Morgan fingerprint density at radius 3 is 2.65 bits per heavy atom. The molecular weight excluding hydrogens is 295 g/mol. The van der Waals surface area contributed by atoms with Crippen LogP contribution in [0.5, 0.6) is 0 Å². The largest absolute Gasteiger partial charge is 0.372 e. The number of unbranched alkanes of at least 4 members (excludes halogenated alkanes) is 1. The highest BCUT2D eigenvalue weighted by molar-refractivity contribution is 5.75. The van der Waals surface area contributed by atoms with E-state index in [1.54, 1.807) is 6.07 Å². The molecule has 1 aromatic carbocycles. The molecule has 5 heteroatoms. The Balaban J connectivity index is 1.96. The van der Waals surface area contributed by atoms with Crippen LogP contribution in [0.4, 0.5) is 10.1 Å². The number of benzene rings is 1. The van der Waals surface area contributed by atoms with Crippen LogP contribution in [0.25, 0.3) is 0 Å². The predicted molar refractivity (Wildman–Crippen MR) is 90.0 cm³/mol. The van der Waals surface area contributed by atoms with Crippen LogP contribution in [0.15, 0.2) is 18.2 Å². The van der Waals surface area contributed by atoms with Gasteiger partial charge in [0.05, 0.1) is 17.9 Å². The summed E-state index contributed by atoms with van der Waals surface area (Å²) in [5, 5.41) is 2.83. The number of hydrogen-bond donors (Lipinski definition) is 1. The summed E-state index contributed by atoms with van der Waals surface area (Å²) < 4.78 is 20.1. The van der Waals surface area contributed by atoms with Gasteiger partial charge in [-0.2, -0.15) is 0 Å². The van der Waals surface area contributed by atoms with Gasteiger partial charge < -0.3 is 15.0 Å². The number of morpholine rings is 1. The summed E-state index contributed by atoms with van der Waals surface area (Å²) in [5.41, 5.74) is 1.39. The molecule has 1 fully saturated rings. The Bertz CT molecular complexity index is 526. The zero-order chi connectivity index (χ0) is 16.8. The lowest BCUT2D eigenvalue weighted by Gasteiger charge is -2.37. The number of amides is 1. The Hall–Kier alpha value is -1.62.